The number of hydrogen-bond donors (Lipinski definition) is 0. The summed E-state index contributed by atoms with van der Waals surface area (Å²) in [6, 6.07) is 5.83. The SMILES string of the molecule is Cc1ccsc1CN(C[C@@H]1CCCO1)C(=O)COc1cc(C)c(Cl)c(C)c1. The Balaban J connectivity index is 1.67. The zero-order valence-corrected chi connectivity index (χ0v) is 17.7. The van der Waals surface area contributed by atoms with E-state index in [2.05, 4.69) is 18.4 Å². The minimum atomic E-state index is -0.0245. The third kappa shape index (κ3) is 5.24. The van der Waals surface area contributed by atoms with Crippen LogP contribution in [0.1, 0.15) is 34.4 Å². The number of nitrogens with zero attached hydrogens (tertiary/aromatic N) is 1. The standard InChI is InChI=1S/C21H26ClNO3S/c1-14-6-8-27-19(14)12-23(11-17-5-4-7-25-17)20(24)13-26-18-9-15(2)21(22)16(3)10-18/h6,8-10,17H,4-5,7,11-13H2,1-3H3/t17-/m0/s1. The molecule has 0 unspecified atom stereocenters. The molecule has 1 aliphatic rings. The number of rotatable bonds is 7. The van der Waals surface area contributed by atoms with Gasteiger partial charge in [-0.2, -0.15) is 0 Å². The Morgan fingerprint density at radius 1 is 1.30 bits per heavy atom. The number of carbonyl (C=O) groups excluding carboxylic acids is 1. The number of aryl methyl sites for hydroxylation is 3. The Morgan fingerprint density at radius 3 is 2.63 bits per heavy atom. The quantitative estimate of drug-likeness (QED) is 0.654. The Labute approximate surface area is 170 Å². The van der Waals surface area contributed by atoms with E-state index in [0.29, 0.717) is 18.8 Å². The van der Waals surface area contributed by atoms with Crippen LogP contribution in [0.15, 0.2) is 23.6 Å². The van der Waals surface area contributed by atoms with E-state index in [0.717, 1.165) is 35.6 Å². The van der Waals surface area contributed by atoms with Crippen LogP contribution in [-0.4, -0.2) is 36.7 Å². The second kappa shape index (κ2) is 9.09. The van der Waals surface area contributed by atoms with Crippen LogP contribution in [0, 0.1) is 20.8 Å². The number of benzene rings is 1. The van der Waals surface area contributed by atoms with Crippen molar-refractivity contribution in [1.82, 2.24) is 4.90 Å². The fourth-order valence-corrected chi connectivity index (χ4v) is 4.28. The van der Waals surface area contributed by atoms with E-state index in [4.69, 9.17) is 21.1 Å². The van der Waals surface area contributed by atoms with Crippen molar-refractivity contribution in [2.45, 2.75) is 46.3 Å². The zero-order chi connectivity index (χ0) is 19.4. The first-order valence-corrected chi connectivity index (χ1v) is 10.5. The average molecular weight is 408 g/mol. The first kappa shape index (κ1) is 20.2. The summed E-state index contributed by atoms with van der Waals surface area (Å²) >= 11 is 7.89. The molecule has 1 aromatic carbocycles. The number of halogens is 1. The molecule has 146 valence electrons. The molecule has 0 saturated carbocycles. The molecule has 1 fully saturated rings. The lowest BCUT2D eigenvalue weighted by Crippen LogP contribution is -2.39. The van der Waals surface area contributed by atoms with Gasteiger partial charge in [0.05, 0.1) is 12.6 Å². The first-order chi connectivity index (χ1) is 12.9. The van der Waals surface area contributed by atoms with Crippen LogP contribution in [-0.2, 0) is 16.1 Å². The van der Waals surface area contributed by atoms with Crippen molar-refractivity contribution in [2.24, 2.45) is 0 Å². The van der Waals surface area contributed by atoms with Gasteiger partial charge in [0.2, 0.25) is 0 Å². The minimum Gasteiger partial charge on any atom is -0.484 e. The van der Waals surface area contributed by atoms with E-state index in [1.807, 2.05) is 30.9 Å². The molecule has 1 saturated heterocycles. The third-order valence-electron chi connectivity index (χ3n) is 4.88. The van der Waals surface area contributed by atoms with Crippen molar-refractivity contribution in [1.29, 1.82) is 0 Å². The molecule has 3 rings (SSSR count). The zero-order valence-electron chi connectivity index (χ0n) is 16.1. The van der Waals surface area contributed by atoms with Gasteiger partial charge in [-0.3, -0.25) is 4.79 Å². The van der Waals surface area contributed by atoms with Gasteiger partial charge in [-0.05, 0) is 73.9 Å². The number of ether oxygens (including phenoxy) is 2. The van der Waals surface area contributed by atoms with Crippen molar-refractivity contribution < 1.29 is 14.3 Å². The molecule has 1 aromatic heterocycles. The summed E-state index contributed by atoms with van der Waals surface area (Å²) in [5, 5.41) is 2.80. The topological polar surface area (TPSA) is 38.8 Å². The number of amides is 1. The van der Waals surface area contributed by atoms with Crippen molar-refractivity contribution in [3.63, 3.8) is 0 Å². The Morgan fingerprint density at radius 2 is 2.04 bits per heavy atom. The molecule has 2 heterocycles. The normalized spacial score (nSPS) is 16.5. The molecule has 6 heteroatoms. The van der Waals surface area contributed by atoms with Crippen molar-refractivity contribution in [3.8, 4) is 5.75 Å². The Hall–Kier alpha value is -1.56. The molecule has 0 radical (unpaired) electrons. The fourth-order valence-electron chi connectivity index (χ4n) is 3.25. The molecule has 0 N–H and O–H groups in total. The number of thiophene rings is 1. The van der Waals surface area contributed by atoms with Crippen LogP contribution < -0.4 is 4.74 Å². The predicted molar refractivity (Wildman–Crippen MR) is 110 cm³/mol. The van der Waals surface area contributed by atoms with Crippen LogP contribution in [0.2, 0.25) is 5.02 Å². The summed E-state index contributed by atoms with van der Waals surface area (Å²) in [7, 11) is 0. The monoisotopic (exact) mass is 407 g/mol. The van der Waals surface area contributed by atoms with E-state index < -0.39 is 0 Å². The number of hydrogen-bond acceptors (Lipinski definition) is 4. The second-order valence-corrected chi connectivity index (χ2v) is 8.47. The molecule has 1 amide bonds. The molecule has 4 nitrogen and oxygen atoms in total. The molecule has 0 spiro atoms. The van der Waals surface area contributed by atoms with E-state index in [-0.39, 0.29) is 18.6 Å². The predicted octanol–water partition coefficient (Wildman–Crippen LogP) is 4.91. The maximum atomic E-state index is 12.9. The molecular formula is C21H26ClNO3S. The van der Waals surface area contributed by atoms with Gasteiger partial charge in [0, 0.05) is 23.1 Å². The summed E-state index contributed by atoms with van der Waals surface area (Å²) in [5.74, 6) is 0.649. The molecule has 0 aliphatic carbocycles. The lowest BCUT2D eigenvalue weighted by molar-refractivity contribution is -0.135. The fraction of sp³-hybridized carbons (Fsp3) is 0.476. The summed E-state index contributed by atoms with van der Waals surface area (Å²) in [6.45, 7) is 7.96. The van der Waals surface area contributed by atoms with Crippen molar-refractivity contribution in [3.05, 3.63) is 50.2 Å². The summed E-state index contributed by atoms with van der Waals surface area (Å²) in [6.07, 6.45) is 2.18. The van der Waals surface area contributed by atoms with Crippen LogP contribution in [0.4, 0.5) is 0 Å². The number of carbonyl (C=O) groups is 1. The highest BCUT2D eigenvalue weighted by Gasteiger charge is 2.24. The third-order valence-corrected chi connectivity index (χ3v) is 6.48. The highest BCUT2D eigenvalue weighted by Crippen LogP contribution is 2.26. The van der Waals surface area contributed by atoms with Gasteiger partial charge < -0.3 is 14.4 Å². The summed E-state index contributed by atoms with van der Waals surface area (Å²) in [4.78, 5) is 16.0. The average Bonchev–Trinajstić information content (AvgIpc) is 3.29. The largest absolute Gasteiger partial charge is 0.484 e. The van der Waals surface area contributed by atoms with Gasteiger partial charge >= 0.3 is 0 Å². The smallest absolute Gasteiger partial charge is 0.260 e. The maximum Gasteiger partial charge on any atom is 0.260 e. The minimum absolute atomic E-state index is 0.0116. The van der Waals surface area contributed by atoms with Crippen molar-refractivity contribution in [2.75, 3.05) is 19.8 Å². The van der Waals surface area contributed by atoms with Gasteiger partial charge in [0.1, 0.15) is 5.75 Å². The Kier molecular flexibility index (Phi) is 6.79. The lowest BCUT2D eigenvalue weighted by Gasteiger charge is -2.25. The second-order valence-electron chi connectivity index (χ2n) is 7.10. The van der Waals surface area contributed by atoms with E-state index in [9.17, 15) is 4.79 Å². The Bertz CT molecular complexity index is 775. The molecule has 27 heavy (non-hydrogen) atoms. The van der Waals surface area contributed by atoms with Crippen LogP contribution in [0.25, 0.3) is 0 Å². The molecular weight excluding hydrogens is 382 g/mol. The summed E-state index contributed by atoms with van der Waals surface area (Å²) < 4.78 is 11.5. The van der Waals surface area contributed by atoms with Crippen LogP contribution in [0.3, 0.4) is 0 Å². The van der Waals surface area contributed by atoms with Gasteiger partial charge in [-0.25, -0.2) is 0 Å². The van der Waals surface area contributed by atoms with Crippen LogP contribution >= 0.6 is 22.9 Å². The summed E-state index contributed by atoms with van der Waals surface area (Å²) in [5.41, 5.74) is 3.11. The van der Waals surface area contributed by atoms with Gasteiger partial charge in [0.25, 0.3) is 5.91 Å². The van der Waals surface area contributed by atoms with Crippen LogP contribution in [0.5, 0.6) is 5.75 Å². The van der Waals surface area contributed by atoms with Gasteiger partial charge in [-0.15, -0.1) is 11.3 Å². The van der Waals surface area contributed by atoms with Gasteiger partial charge in [0.15, 0.2) is 6.61 Å². The maximum absolute atomic E-state index is 12.9. The lowest BCUT2D eigenvalue weighted by atomic mass is 10.1. The molecule has 2 aromatic rings. The molecule has 0 bridgehead atoms. The van der Waals surface area contributed by atoms with Gasteiger partial charge in [-0.1, -0.05) is 11.6 Å². The molecule has 1 atom stereocenters. The first-order valence-electron chi connectivity index (χ1n) is 9.26. The van der Waals surface area contributed by atoms with E-state index in [1.165, 1.54) is 10.4 Å². The van der Waals surface area contributed by atoms with E-state index >= 15 is 0 Å². The van der Waals surface area contributed by atoms with Crippen molar-refractivity contribution >= 4 is 28.8 Å². The van der Waals surface area contributed by atoms with E-state index in [1.54, 1.807) is 11.3 Å². The highest BCUT2D eigenvalue weighted by molar-refractivity contribution is 7.10. The highest BCUT2D eigenvalue weighted by atomic mass is 35.5. The molecule has 1 aliphatic heterocycles.